The average molecular weight is 451 g/mol. The van der Waals surface area contributed by atoms with E-state index < -0.39 is 12.3 Å². The van der Waals surface area contributed by atoms with Crippen LogP contribution in [-0.2, 0) is 53.6 Å². The summed E-state index contributed by atoms with van der Waals surface area (Å²) < 4.78 is 21.6. The first-order valence-corrected chi connectivity index (χ1v) is 8.91. The second kappa shape index (κ2) is 11.1. The molecule has 1 aliphatic heterocycles. The number of furan rings is 2. The van der Waals surface area contributed by atoms with Crippen LogP contribution in [0.1, 0.15) is 50.0 Å². The smallest absolute Gasteiger partial charge is 0.257 e. The third-order valence-electron chi connectivity index (χ3n) is 4.30. The molecule has 3 heterocycles. The minimum atomic E-state index is -0.595. The first-order valence-electron chi connectivity index (χ1n) is 8.91. The molecule has 1 saturated heterocycles. The van der Waals surface area contributed by atoms with Crippen molar-refractivity contribution in [1.29, 1.82) is 0 Å². The molecule has 145 valence electrons. The zero-order chi connectivity index (χ0) is 18.4. The van der Waals surface area contributed by atoms with Crippen molar-refractivity contribution >= 4 is 11.8 Å². The monoisotopic (exact) mass is 451 g/mol. The molecule has 2 aromatic rings. The summed E-state index contributed by atoms with van der Waals surface area (Å²) >= 11 is 0. The van der Waals surface area contributed by atoms with Gasteiger partial charge in [-0.15, -0.1) is 6.07 Å². The van der Waals surface area contributed by atoms with Crippen LogP contribution in [0.4, 0.5) is 5.88 Å². The van der Waals surface area contributed by atoms with E-state index >= 15 is 0 Å². The van der Waals surface area contributed by atoms with E-state index in [0.29, 0.717) is 23.6 Å². The van der Waals surface area contributed by atoms with Gasteiger partial charge in [-0.1, -0.05) is 26.2 Å². The van der Waals surface area contributed by atoms with Crippen LogP contribution >= 0.6 is 0 Å². The van der Waals surface area contributed by atoms with Gasteiger partial charge in [-0.2, -0.15) is 6.07 Å². The second-order valence-electron chi connectivity index (χ2n) is 6.29. The number of hydrogen-bond acceptors (Lipinski definition) is 6. The third kappa shape index (κ3) is 5.99. The molecule has 1 amide bonds. The van der Waals surface area contributed by atoms with Crippen LogP contribution in [-0.4, -0.2) is 30.5 Å². The van der Waals surface area contributed by atoms with Crippen LogP contribution in [0.5, 0.6) is 0 Å². The summed E-state index contributed by atoms with van der Waals surface area (Å²) in [5.41, 5.74) is 0.668. The summed E-state index contributed by atoms with van der Waals surface area (Å²) in [4.78, 5) is 13.6. The molecule has 3 rings (SSSR count). The van der Waals surface area contributed by atoms with E-state index in [2.05, 4.69) is 13.2 Å². The van der Waals surface area contributed by atoms with Crippen molar-refractivity contribution in [1.82, 2.24) is 0 Å². The quantitative estimate of drug-likeness (QED) is 0.441. The van der Waals surface area contributed by atoms with Gasteiger partial charge < -0.3 is 23.4 Å². The van der Waals surface area contributed by atoms with Crippen LogP contribution < -0.4 is 4.90 Å². The number of aliphatic hydroxyl groups is 1. The van der Waals surface area contributed by atoms with E-state index in [-0.39, 0.29) is 58.4 Å². The Morgan fingerprint density at radius 3 is 3.04 bits per heavy atom. The number of unbranched alkanes of at least 4 members (excludes halogenated alkanes) is 2. The number of carbonyl (C=O) groups is 1. The van der Waals surface area contributed by atoms with Gasteiger partial charge in [0.2, 0.25) is 5.88 Å². The molecule has 1 radical (unpaired) electrons. The first-order chi connectivity index (χ1) is 12.7. The first kappa shape index (κ1) is 22.3. The largest absolute Gasteiger partial charge is 0.593 e. The van der Waals surface area contributed by atoms with E-state index in [1.807, 2.05) is 0 Å². The Morgan fingerprint density at radius 2 is 2.30 bits per heavy atom. The topological polar surface area (TPSA) is 85.3 Å². The molecular formula is C19H24NO6Y-. The molecule has 1 aliphatic rings. The molecule has 0 spiro atoms. The molecule has 1 fully saturated rings. The van der Waals surface area contributed by atoms with E-state index in [0.717, 1.165) is 19.3 Å². The summed E-state index contributed by atoms with van der Waals surface area (Å²) in [5, 5.41) is 10.2. The van der Waals surface area contributed by atoms with E-state index in [1.54, 1.807) is 18.2 Å². The molecule has 27 heavy (non-hydrogen) atoms. The standard InChI is InChI=1S/C19H24NO6.Y/c1-2-3-4-7-16(21)14-9-18(25-10-14)20-17(22)12-26-19(20)13-23-11-15-6-5-8-24-15;/h5-6,9-10,16,19,21H,2-4,7,11-13H2,1H3;/q-1;. The number of aliphatic hydroxyl groups excluding tert-OH is 1. The maximum Gasteiger partial charge on any atom is 0.257 e. The number of carbonyl (C=O) groups excluding carboxylic acids is 1. The van der Waals surface area contributed by atoms with Crippen molar-refractivity contribution in [3.05, 3.63) is 42.0 Å². The minimum Gasteiger partial charge on any atom is -0.593 e. The predicted molar refractivity (Wildman–Crippen MR) is 92.2 cm³/mol. The second-order valence-corrected chi connectivity index (χ2v) is 6.29. The number of amides is 1. The van der Waals surface area contributed by atoms with Crippen LogP contribution in [0.25, 0.3) is 0 Å². The third-order valence-corrected chi connectivity index (χ3v) is 4.30. The SMILES string of the molecule is CCCCCC(O)c1coc(N2C(=O)COC2COCc2cc[c-]o2)c1.[Y]. The molecule has 2 aromatic heterocycles. The molecule has 0 bridgehead atoms. The Hall–Kier alpha value is -0.986. The van der Waals surface area contributed by atoms with Gasteiger partial charge in [-0.25, -0.2) is 0 Å². The van der Waals surface area contributed by atoms with Gasteiger partial charge in [0.15, 0.2) is 6.23 Å². The Kier molecular flexibility index (Phi) is 9.19. The summed E-state index contributed by atoms with van der Waals surface area (Å²) in [5.74, 6) is 0.805. The van der Waals surface area contributed by atoms with Gasteiger partial charge >= 0.3 is 0 Å². The van der Waals surface area contributed by atoms with Gasteiger partial charge in [0.05, 0.1) is 19.0 Å². The Bertz CT molecular complexity index is 686. The van der Waals surface area contributed by atoms with Gasteiger partial charge in [-0.05, 0) is 18.4 Å². The van der Waals surface area contributed by atoms with Crippen LogP contribution in [0, 0.1) is 6.26 Å². The van der Waals surface area contributed by atoms with Crippen molar-refractivity contribution in [3.63, 3.8) is 0 Å². The minimum absolute atomic E-state index is 0. The number of nitrogens with zero attached hydrogens (tertiary/aromatic N) is 1. The van der Waals surface area contributed by atoms with Crippen molar-refractivity contribution in [2.24, 2.45) is 0 Å². The van der Waals surface area contributed by atoms with Crippen LogP contribution in [0.3, 0.4) is 0 Å². The van der Waals surface area contributed by atoms with Gasteiger partial charge in [-0.3, -0.25) is 9.69 Å². The summed E-state index contributed by atoms with van der Waals surface area (Å²) in [6.07, 6.45) is 6.71. The molecule has 2 unspecified atom stereocenters. The van der Waals surface area contributed by atoms with E-state index in [1.165, 1.54) is 11.2 Å². The molecule has 2 atom stereocenters. The number of hydrogen-bond donors (Lipinski definition) is 1. The molecule has 0 aliphatic carbocycles. The average Bonchev–Trinajstić information content (AvgIpc) is 3.36. The number of rotatable bonds is 10. The summed E-state index contributed by atoms with van der Waals surface area (Å²) in [6, 6.07) is 5.12. The number of anilines is 1. The fourth-order valence-electron chi connectivity index (χ4n) is 2.86. The molecule has 0 saturated carbocycles. The fraction of sp³-hybridized carbons (Fsp3) is 0.526. The molecule has 8 heteroatoms. The zero-order valence-corrected chi connectivity index (χ0v) is 18.3. The summed E-state index contributed by atoms with van der Waals surface area (Å²) in [6.45, 7) is 2.54. The van der Waals surface area contributed by atoms with Crippen molar-refractivity contribution in [2.45, 2.75) is 51.5 Å². The van der Waals surface area contributed by atoms with Crippen LogP contribution in [0.15, 0.2) is 33.3 Å². The molecule has 7 nitrogen and oxygen atoms in total. The van der Waals surface area contributed by atoms with E-state index in [4.69, 9.17) is 18.3 Å². The normalized spacial score (nSPS) is 17.9. The van der Waals surface area contributed by atoms with Crippen molar-refractivity contribution in [3.8, 4) is 0 Å². The fourth-order valence-corrected chi connectivity index (χ4v) is 2.86. The maximum atomic E-state index is 12.2. The van der Waals surface area contributed by atoms with Crippen molar-refractivity contribution in [2.75, 3.05) is 18.1 Å². The van der Waals surface area contributed by atoms with Gasteiger partial charge in [0.25, 0.3) is 5.91 Å². The Balaban J connectivity index is 0.00000261. The van der Waals surface area contributed by atoms with Gasteiger partial charge in [0, 0.05) is 50.9 Å². The zero-order valence-electron chi connectivity index (χ0n) is 15.4. The Labute approximate surface area is 183 Å². The Morgan fingerprint density at radius 1 is 1.44 bits per heavy atom. The maximum absolute atomic E-state index is 12.2. The van der Waals surface area contributed by atoms with E-state index in [9.17, 15) is 9.90 Å². The number of ether oxygens (including phenoxy) is 2. The molecule has 0 aromatic carbocycles. The summed E-state index contributed by atoms with van der Waals surface area (Å²) in [7, 11) is 0. The molecular weight excluding hydrogens is 427 g/mol. The van der Waals surface area contributed by atoms with Crippen molar-refractivity contribution < 1.29 is 60.9 Å². The van der Waals surface area contributed by atoms with Crippen LogP contribution in [0.2, 0.25) is 0 Å². The predicted octanol–water partition coefficient (Wildman–Crippen LogP) is 3.19. The van der Waals surface area contributed by atoms with Gasteiger partial charge in [0.1, 0.15) is 6.61 Å². The molecule has 1 N–H and O–H groups in total.